The fourth-order valence-corrected chi connectivity index (χ4v) is 4.58. The van der Waals surface area contributed by atoms with E-state index in [9.17, 15) is 14.9 Å². The number of allylic oxidation sites excluding steroid dienone is 1. The molecule has 0 saturated carbocycles. The number of hydrogen-bond donors (Lipinski definition) is 0. The van der Waals surface area contributed by atoms with Crippen molar-refractivity contribution in [3.05, 3.63) is 49.4 Å². The minimum absolute atomic E-state index is 0.245. The molecule has 132 valence electrons. The number of nitriles is 1. The van der Waals surface area contributed by atoms with Gasteiger partial charge >= 0.3 is 0 Å². The summed E-state index contributed by atoms with van der Waals surface area (Å²) in [5.74, 6) is -1.40. The maximum Gasteiger partial charge on any atom is 0.273 e. The van der Waals surface area contributed by atoms with E-state index in [1.165, 1.54) is 22.2 Å². The summed E-state index contributed by atoms with van der Waals surface area (Å²) in [7, 11) is 0. The molecule has 0 fully saturated rings. The molecule has 0 aromatic carbocycles. The zero-order chi connectivity index (χ0) is 18.8. The standard InChI is InChI=1S/C16H13N5O2S3/c1-3-4-21-13-12(26-16(21)24)15(23)20(8-18-13)6-11(22)10(5-17)14-19-9(2)7-25-14/h3,7-8,10H,1,4,6H2,2H3/t10-/m0/s1. The summed E-state index contributed by atoms with van der Waals surface area (Å²) < 4.78 is 3.82. The summed E-state index contributed by atoms with van der Waals surface area (Å²) in [6.45, 7) is 5.67. The maximum absolute atomic E-state index is 12.7. The zero-order valence-electron chi connectivity index (χ0n) is 13.7. The average molecular weight is 404 g/mol. The van der Waals surface area contributed by atoms with Crippen molar-refractivity contribution in [1.82, 2.24) is 19.1 Å². The Hall–Kier alpha value is -2.48. The number of nitrogens with zero attached hydrogens (tertiary/aromatic N) is 5. The summed E-state index contributed by atoms with van der Waals surface area (Å²) in [6.07, 6.45) is 2.98. The number of Topliss-reactive ketones (excluding diaryl/α,β-unsaturated/α-hetero) is 1. The van der Waals surface area contributed by atoms with Crippen LogP contribution in [0.25, 0.3) is 10.3 Å². The molecule has 0 bridgehead atoms. The fraction of sp³-hybridized carbons (Fsp3) is 0.250. The molecule has 1 atom stereocenters. The molecule has 0 radical (unpaired) electrons. The van der Waals surface area contributed by atoms with E-state index in [0.29, 0.717) is 25.9 Å². The number of aryl methyl sites for hydroxylation is 1. The molecular weight excluding hydrogens is 390 g/mol. The van der Waals surface area contributed by atoms with Crippen molar-refractivity contribution in [2.45, 2.75) is 25.9 Å². The number of aromatic nitrogens is 4. The SMILES string of the molecule is C=CCn1c(=S)sc2c(=O)n(CC(=O)[C@H](C#N)c3nc(C)cs3)cnc21. The van der Waals surface area contributed by atoms with Gasteiger partial charge in [-0.15, -0.1) is 17.9 Å². The first-order valence-corrected chi connectivity index (χ1v) is 9.60. The summed E-state index contributed by atoms with van der Waals surface area (Å²) >= 11 is 7.67. The lowest BCUT2D eigenvalue weighted by Gasteiger charge is -2.08. The van der Waals surface area contributed by atoms with E-state index >= 15 is 0 Å². The van der Waals surface area contributed by atoms with Crippen LogP contribution in [0, 0.1) is 22.2 Å². The minimum Gasteiger partial charge on any atom is -0.304 e. The van der Waals surface area contributed by atoms with Gasteiger partial charge in [0.1, 0.15) is 16.0 Å². The van der Waals surface area contributed by atoms with Gasteiger partial charge in [-0.2, -0.15) is 5.26 Å². The Morgan fingerprint density at radius 3 is 2.96 bits per heavy atom. The monoisotopic (exact) mass is 403 g/mol. The Balaban J connectivity index is 1.96. The van der Waals surface area contributed by atoms with E-state index in [-0.39, 0.29) is 12.1 Å². The number of hydrogen-bond acceptors (Lipinski definition) is 8. The molecule has 3 aromatic heterocycles. The van der Waals surface area contributed by atoms with Gasteiger partial charge in [0, 0.05) is 17.6 Å². The topological polar surface area (TPSA) is 93.6 Å². The van der Waals surface area contributed by atoms with E-state index in [1.807, 2.05) is 6.07 Å². The van der Waals surface area contributed by atoms with Gasteiger partial charge in [0.15, 0.2) is 21.3 Å². The maximum atomic E-state index is 12.7. The first-order chi connectivity index (χ1) is 12.5. The third-order valence-corrected chi connectivity index (χ3v) is 6.07. The predicted molar refractivity (Wildman–Crippen MR) is 103 cm³/mol. The fourth-order valence-electron chi connectivity index (χ4n) is 2.40. The van der Waals surface area contributed by atoms with Crippen molar-refractivity contribution in [1.29, 1.82) is 5.26 Å². The highest BCUT2D eigenvalue weighted by molar-refractivity contribution is 7.73. The number of carbonyl (C=O) groups is 1. The van der Waals surface area contributed by atoms with Crippen molar-refractivity contribution in [3.8, 4) is 6.07 Å². The molecule has 7 nitrogen and oxygen atoms in total. The third-order valence-electron chi connectivity index (χ3n) is 3.62. The molecule has 0 spiro atoms. The molecular formula is C16H13N5O2S3. The summed E-state index contributed by atoms with van der Waals surface area (Å²) in [4.78, 5) is 33.7. The summed E-state index contributed by atoms with van der Waals surface area (Å²) in [6, 6.07) is 1.97. The highest BCUT2D eigenvalue weighted by atomic mass is 32.1. The lowest BCUT2D eigenvalue weighted by atomic mass is 10.1. The van der Waals surface area contributed by atoms with Crippen LogP contribution in [-0.4, -0.2) is 24.9 Å². The van der Waals surface area contributed by atoms with Crippen LogP contribution in [0.2, 0.25) is 0 Å². The van der Waals surface area contributed by atoms with Gasteiger partial charge in [0.25, 0.3) is 5.56 Å². The predicted octanol–water partition coefficient (Wildman–Crippen LogP) is 2.82. The second kappa shape index (κ2) is 7.41. The molecule has 3 heterocycles. The van der Waals surface area contributed by atoms with Crippen LogP contribution in [0.4, 0.5) is 0 Å². The first-order valence-electron chi connectivity index (χ1n) is 7.50. The van der Waals surface area contributed by atoms with E-state index in [4.69, 9.17) is 12.2 Å². The Labute approximate surface area is 161 Å². The van der Waals surface area contributed by atoms with Crippen LogP contribution >= 0.6 is 34.9 Å². The van der Waals surface area contributed by atoms with Crippen molar-refractivity contribution in [2.75, 3.05) is 0 Å². The van der Waals surface area contributed by atoms with Crippen molar-refractivity contribution in [2.24, 2.45) is 0 Å². The van der Waals surface area contributed by atoms with Gasteiger partial charge in [-0.05, 0) is 19.1 Å². The van der Waals surface area contributed by atoms with Crippen LogP contribution < -0.4 is 5.56 Å². The molecule has 0 N–H and O–H groups in total. The van der Waals surface area contributed by atoms with Crippen LogP contribution in [0.15, 0.2) is 29.2 Å². The van der Waals surface area contributed by atoms with Crippen molar-refractivity contribution in [3.63, 3.8) is 0 Å². The Kier molecular flexibility index (Phi) is 5.22. The van der Waals surface area contributed by atoms with Gasteiger partial charge in [-0.1, -0.05) is 17.4 Å². The molecule has 26 heavy (non-hydrogen) atoms. The molecule has 3 aromatic rings. The molecule has 0 unspecified atom stereocenters. The molecule has 0 aliphatic heterocycles. The smallest absolute Gasteiger partial charge is 0.273 e. The number of rotatable bonds is 6. The molecule has 0 aliphatic carbocycles. The van der Waals surface area contributed by atoms with Crippen molar-refractivity contribution >= 4 is 51.0 Å². The summed E-state index contributed by atoms with van der Waals surface area (Å²) in [5, 5.41) is 11.6. The largest absolute Gasteiger partial charge is 0.304 e. The molecule has 10 heteroatoms. The number of carbonyl (C=O) groups excluding carboxylic acids is 1. The number of thiazole rings is 2. The average Bonchev–Trinajstić information content (AvgIpc) is 3.16. The van der Waals surface area contributed by atoms with Gasteiger partial charge in [-0.25, -0.2) is 9.97 Å². The van der Waals surface area contributed by atoms with Crippen LogP contribution in [0.3, 0.4) is 0 Å². The van der Waals surface area contributed by atoms with Gasteiger partial charge in [0.2, 0.25) is 0 Å². The van der Waals surface area contributed by atoms with Gasteiger partial charge in [0.05, 0.1) is 12.6 Å². The third kappa shape index (κ3) is 3.29. The highest BCUT2D eigenvalue weighted by Crippen LogP contribution is 2.22. The lowest BCUT2D eigenvalue weighted by molar-refractivity contribution is -0.120. The van der Waals surface area contributed by atoms with Crippen LogP contribution in [-0.2, 0) is 17.9 Å². The lowest BCUT2D eigenvalue weighted by Crippen LogP contribution is -2.27. The van der Waals surface area contributed by atoms with E-state index in [1.54, 1.807) is 22.9 Å². The molecule has 0 aliphatic rings. The van der Waals surface area contributed by atoms with Gasteiger partial charge in [-0.3, -0.25) is 14.2 Å². The second-order valence-electron chi connectivity index (χ2n) is 5.45. The summed E-state index contributed by atoms with van der Waals surface area (Å²) in [5.41, 5.74) is 0.872. The number of ketones is 1. The number of fused-ring (bicyclic) bond motifs is 1. The molecule has 3 rings (SSSR count). The second-order valence-corrected chi connectivity index (χ2v) is 7.99. The molecule has 0 saturated heterocycles. The Bertz CT molecular complexity index is 1160. The highest BCUT2D eigenvalue weighted by Gasteiger charge is 2.24. The van der Waals surface area contributed by atoms with E-state index in [0.717, 1.165) is 17.0 Å². The zero-order valence-corrected chi connectivity index (χ0v) is 16.2. The van der Waals surface area contributed by atoms with E-state index < -0.39 is 11.7 Å². The Morgan fingerprint density at radius 1 is 1.58 bits per heavy atom. The van der Waals surface area contributed by atoms with Crippen LogP contribution in [0.1, 0.15) is 16.6 Å². The first kappa shape index (κ1) is 18.3. The normalized spacial score (nSPS) is 12.0. The Morgan fingerprint density at radius 2 is 2.35 bits per heavy atom. The van der Waals surface area contributed by atoms with Gasteiger partial charge < -0.3 is 4.57 Å². The van der Waals surface area contributed by atoms with Crippen molar-refractivity contribution < 1.29 is 4.79 Å². The minimum atomic E-state index is -1.00. The molecule has 0 amide bonds. The van der Waals surface area contributed by atoms with Crippen LogP contribution in [0.5, 0.6) is 0 Å². The van der Waals surface area contributed by atoms with E-state index in [2.05, 4.69) is 16.5 Å². The quantitative estimate of drug-likeness (QED) is 0.464.